The van der Waals surface area contributed by atoms with Gasteiger partial charge in [0, 0.05) is 26.1 Å². The molecule has 254 valence electrons. The number of hydrogen-bond acceptors (Lipinski definition) is 4. The lowest BCUT2D eigenvalue weighted by Gasteiger charge is -2.18. The summed E-state index contributed by atoms with van der Waals surface area (Å²) >= 11 is 1.88. The molecule has 2 heterocycles. The number of benzene rings is 7. The third-order valence-corrected chi connectivity index (χ3v) is 12.8. The Labute approximate surface area is 331 Å². The molecule has 9 aromatic rings. The third kappa shape index (κ3) is 6.06. The van der Waals surface area contributed by atoms with E-state index >= 15 is 0 Å². The summed E-state index contributed by atoms with van der Waals surface area (Å²) in [4.78, 5) is 15.8. The highest BCUT2D eigenvalue weighted by Gasteiger charge is 2.24. The quantitative estimate of drug-likeness (QED) is 0.247. The van der Waals surface area contributed by atoms with Crippen LogP contribution in [0.3, 0.4) is 0 Å². The largest absolute Gasteiger partial charge is 0.208 e. The molecule has 0 aliphatic heterocycles. The van der Waals surface area contributed by atoms with Crippen molar-refractivity contribution in [2.45, 2.75) is 0 Å². The lowest BCUT2D eigenvalue weighted by molar-refractivity contribution is 1.08. The van der Waals surface area contributed by atoms with Crippen LogP contribution in [0, 0.1) is 0 Å². The van der Waals surface area contributed by atoms with Gasteiger partial charge in [-0.05, 0) is 44.2 Å². The molecule has 0 aliphatic carbocycles. The Hall–Kier alpha value is -5.84. The van der Waals surface area contributed by atoms with Crippen molar-refractivity contribution in [2.75, 3.05) is 0 Å². The van der Waals surface area contributed by atoms with Crippen molar-refractivity contribution >= 4 is 111 Å². The summed E-state index contributed by atoms with van der Waals surface area (Å²) in [5, 5.41) is 2.66. The summed E-state index contributed by atoms with van der Waals surface area (Å²) in [7, 11) is 13.6. The fourth-order valence-electron chi connectivity index (χ4n) is 8.12. The molecule has 0 aliphatic rings. The van der Waals surface area contributed by atoms with Gasteiger partial charge in [-0.2, -0.15) is 0 Å². The zero-order valence-electron chi connectivity index (χ0n) is 32.0. The Morgan fingerprint density at radius 2 is 0.655 bits per heavy atom. The van der Waals surface area contributed by atoms with Gasteiger partial charge >= 0.3 is 0 Å². The van der Waals surface area contributed by atoms with Crippen molar-refractivity contribution in [3.05, 3.63) is 140 Å². The van der Waals surface area contributed by atoms with Gasteiger partial charge in [0.25, 0.3) is 0 Å². The number of aromatic nitrogens is 3. The van der Waals surface area contributed by atoms with Gasteiger partial charge in [-0.15, -0.1) is 11.3 Å². The Morgan fingerprint density at radius 3 is 1.15 bits per heavy atom. The molecule has 0 atom stereocenters. The van der Waals surface area contributed by atoms with Crippen LogP contribution in [0.1, 0.15) is 0 Å². The second kappa shape index (κ2) is 14.1. The number of thiophene rings is 1. The highest BCUT2D eigenvalue weighted by molar-refractivity contribution is 7.28. The zero-order valence-corrected chi connectivity index (χ0v) is 32.8. The Bertz CT molecular complexity index is 2800. The van der Waals surface area contributed by atoms with Crippen molar-refractivity contribution in [1.29, 1.82) is 0 Å². The predicted octanol–water partition coefficient (Wildman–Crippen LogP) is 1.79. The van der Waals surface area contributed by atoms with Crippen molar-refractivity contribution in [2.24, 2.45) is 0 Å². The van der Waals surface area contributed by atoms with Crippen molar-refractivity contribution < 1.29 is 0 Å². The highest BCUT2D eigenvalue weighted by atomic mass is 32.1. The standard InChI is InChI=1S/C45H35B6N3S/c46-35-31(28-14-8-3-9-15-28)39(50)42-33(36(35)47)32-37(48)40(51)38(49)34(41(32)55-42)45-53-43(29-20-16-26(17-21-29)24-10-4-1-5-11-24)52-44(54-45)30-22-18-27(19-23-30)25-12-6-2-7-13-25/h1-23H,46-51H2. The molecule has 0 amide bonds. The van der Waals surface area contributed by atoms with Gasteiger partial charge in [0.2, 0.25) is 0 Å². The Balaban J connectivity index is 1.28. The molecule has 0 spiro atoms. The van der Waals surface area contributed by atoms with Gasteiger partial charge in [0.1, 0.15) is 47.1 Å². The van der Waals surface area contributed by atoms with Gasteiger partial charge in [-0.3, -0.25) is 0 Å². The minimum atomic E-state index is 0.660. The summed E-state index contributed by atoms with van der Waals surface area (Å²) < 4.78 is 2.56. The minimum Gasteiger partial charge on any atom is -0.208 e. The van der Waals surface area contributed by atoms with E-state index in [1.807, 2.05) is 23.5 Å². The molecule has 0 saturated carbocycles. The van der Waals surface area contributed by atoms with E-state index in [0.29, 0.717) is 17.5 Å². The first-order chi connectivity index (χ1) is 26.8. The van der Waals surface area contributed by atoms with Crippen LogP contribution in [0.15, 0.2) is 140 Å². The molecule has 0 saturated heterocycles. The summed E-state index contributed by atoms with van der Waals surface area (Å²) in [6, 6.07) is 48.9. The smallest absolute Gasteiger partial charge is 0.164 e. The minimum absolute atomic E-state index is 0.660. The van der Waals surface area contributed by atoms with Crippen LogP contribution in [0.4, 0.5) is 0 Å². The van der Waals surface area contributed by atoms with Crippen molar-refractivity contribution in [3.8, 4) is 67.5 Å². The summed E-state index contributed by atoms with van der Waals surface area (Å²) in [5.74, 6) is 2.02. The topological polar surface area (TPSA) is 38.7 Å². The molecule has 0 radical (unpaired) electrons. The van der Waals surface area contributed by atoms with Gasteiger partial charge < -0.3 is 0 Å². The molecule has 0 bridgehead atoms. The van der Waals surface area contributed by atoms with E-state index in [1.165, 1.54) is 75.2 Å². The Kier molecular flexibility index (Phi) is 8.95. The van der Waals surface area contributed by atoms with Crippen LogP contribution in [0.5, 0.6) is 0 Å². The average molecular weight is 715 g/mol. The second-order valence-electron chi connectivity index (χ2n) is 14.6. The Morgan fingerprint density at radius 1 is 0.291 bits per heavy atom. The number of rotatable bonds is 6. The molecule has 0 N–H and O–H groups in total. The molecule has 0 unspecified atom stereocenters. The summed E-state index contributed by atoms with van der Waals surface area (Å²) in [5.41, 5.74) is 18.0. The van der Waals surface area contributed by atoms with E-state index in [2.05, 4.69) is 174 Å². The van der Waals surface area contributed by atoms with Crippen molar-refractivity contribution in [3.63, 3.8) is 0 Å². The SMILES string of the molecule is Bc1c(B)c(B)c2c(sc3c(B)c(-c4ccccc4)c(B)c(B)c32)c1-c1nc(-c2ccc(-c3ccccc3)cc2)nc(-c2ccc(-c3ccccc3)cc2)n1. The number of nitrogens with zero attached hydrogens (tertiary/aromatic N) is 3. The van der Waals surface area contributed by atoms with Gasteiger partial charge in [-0.25, -0.2) is 15.0 Å². The maximum absolute atomic E-state index is 5.33. The monoisotopic (exact) mass is 715 g/mol. The molecule has 7 aromatic carbocycles. The first-order valence-electron chi connectivity index (χ1n) is 18.9. The van der Waals surface area contributed by atoms with Gasteiger partial charge in [0.15, 0.2) is 17.5 Å². The third-order valence-electron chi connectivity index (χ3n) is 11.5. The molecule has 0 fully saturated rings. The van der Waals surface area contributed by atoms with E-state index in [4.69, 9.17) is 15.0 Å². The fraction of sp³-hybridized carbons (Fsp3) is 0. The first kappa shape index (κ1) is 34.9. The summed E-state index contributed by atoms with van der Waals surface area (Å²) in [6.45, 7) is 0. The molecular weight excluding hydrogens is 679 g/mol. The van der Waals surface area contributed by atoms with Crippen LogP contribution in [-0.4, -0.2) is 62.0 Å². The summed E-state index contributed by atoms with van der Waals surface area (Å²) in [6.07, 6.45) is 0. The molecule has 9 rings (SSSR count). The molecule has 55 heavy (non-hydrogen) atoms. The van der Waals surface area contributed by atoms with Crippen molar-refractivity contribution in [1.82, 2.24) is 15.0 Å². The van der Waals surface area contributed by atoms with E-state index in [0.717, 1.165) is 27.8 Å². The number of fused-ring (bicyclic) bond motifs is 3. The van der Waals surface area contributed by atoms with E-state index in [1.54, 1.807) is 0 Å². The molecular formula is C45H35B6N3S. The zero-order chi connectivity index (χ0) is 37.8. The van der Waals surface area contributed by atoms with Crippen LogP contribution < -0.4 is 32.8 Å². The predicted molar refractivity (Wildman–Crippen MR) is 254 cm³/mol. The van der Waals surface area contributed by atoms with E-state index in [9.17, 15) is 0 Å². The van der Waals surface area contributed by atoms with Crippen LogP contribution in [-0.2, 0) is 0 Å². The molecule has 10 heteroatoms. The van der Waals surface area contributed by atoms with Gasteiger partial charge in [-0.1, -0.05) is 172 Å². The lowest BCUT2D eigenvalue weighted by Crippen LogP contribution is -2.41. The fourth-order valence-corrected chi connectivity index (χ4v) is 9.64. The van der Waals surface area contributed by atoms with Gasteiger partial charge in [0.05, 0.1) is 0 Å². The number of hydrogen-bond donors (Lipinski definition) is 0. The second-order valence-corrected chi connectivity index (χ2v) is 15.6. The normalized spacial score (nSPS) is 11.3. The van der Waals surface area contributed by atoms with E-state index < -0.39 is 0 Å². The first-order valence-corrected chi connectivity index (χ1v) is 19.7. The average Bonchev–Trinajstić information content (AvgIpc) is 3.64. The van der Waals surface area contributed by atoms with Crippen LogP contribution >= 0.6 is 11.3 Å². The maximum Gasteiger partial charge on any atom is 0.164 e. The lowest BCUT2D eigenvalue weighted by atomic mass is 9.66. The molecule has 3 nitrogen and oxygen atoms in total. The maximum atomic E-state index is 5.33. The van der Waals surface area contributed by atoms with E-state index in [-0.39, 0.29) is 0 Å². The van der Waals surface area contributed by atoms with Crippen LogP contribution in [0.2, 0.25) is 0 Å². The molecule has 2 aromatic heterocycles. The van der Waals surface area contributed by atoms with Crippen LogP contribution in [0.25, 0.3) is 87.7 Å². The highest BCUT2D eigenvalue weighted by Crippen LogP contribution is 2.37.